The molecule has 0 aromatic heterocycles. The summed E-state index contributed by atoms with van der Waals surface area (Å²) in [5.74, 6) is -0.246. The molecule has 0 aliphatic heterocycles. The van der Waals surface area contributed by atoms with Crippen LogP contribution in [-0.2, 0) is 9.53 Å². The van der Waals surface area contributed by atoms with Crippen LogP contribution in [0, 0.1) is 0 Å². The lowest BCUT2D eigenvalue weighted by Gasteiger charge is -2.07. The van der Waals surface area contributed by atoms with Crippen LogP contribution in [0.2, 0.25) is 0 Å². The lowest BCUT2D eigenvalue weighted by atomic mass is 10.3. The Kier molecular flexibility index (Phi) is 7.92. The molecule has 4 nitrogen and oxygen atoms in total. The van der Waals surface area contributed by atoms with Gasteiger partial charge in [0.1, 0.15) is 0 Å². The minimum atomic E-state index is -4.12. The Balaban J connectivity index is 3.28. The minimum absolute atomic E-state index is 0.0190. The molecule has 1 amide bonds. The molecule has 2 N–H and O–H groups in total. The largest absolute Gasteiger partial charge is 0.389 e. The molecule has 7 heteroatoms. The number of halogens is 3. The number of ether oxygens (including phenoxy) is 1. The number of nitrogens with one attached hydrogen (secondary N) is 2. The first-order valence-electron chi connectivity index (χ1n) is 4.99. The maximum atomic E-state index is 11.7. The van der Waals surface area contributed by atoms with Crippen molar-refractivity contribution in [1.82, 2.24) is 10.6 Å². The van der Waals surface area contributed by atoms with Crippen molar-refractivity contribution in [1.29, 1.82) is 0 Å². The minimum Gasteiger partial charge on any atom is -0.383 e. The fourth-order valence-corrected chi connectivity index (χ4v) is 0.971. The second kappa shape index (κ2) is 8.35. The molecule has 96 valence electrons. The number of carbonyl (C=O) groups excluding carboxylic acids is 1. The topological polar surface area (TPSA) is 50.4 Å². The third kappa shape index (κ3) is 11.3. The molecule has 0 fully saturated rings. The van der Waals surface area contributed by atoms with Gasteiger partial charge in [0, 0.05) is 20.1 Å². The Labute approximate surface area is 92.5 Å². The Morgan fingerprint density at radius 3 is 2.56 bits per heavy atom. The van der Waals surface area contributed by atoms with Gasteiger partial charge < -0.3 is 15.4 Å². The molecule has 16 heavy (non-hydrogen) atoms. The molecule has 0 spiro atoms. The molecule has 0 heterocycles. The number of amides is 1. The average molecular weight is 242 g/mol. The van der Waals surface area contributed by atoms with E-state index in [1.165, 1.54) is 7.11 Å². The van der Waals surface area contributed by atoms with Crippen molar-refractivity contribution in [2.24, 2.45) is 0 Å². The zero-order valence-corrected chi connectivity index (χ0v) is 9.19. The van der Waals surface area contributed by atoms with E-state index in [0.29, 0.717) is 13.2 Å². The molecule has 0 rings (SSSR count). The van der Waals surface area contributed by atoms with Gasteiger partial charge in [0.2, 0.25) is 5.91 Å². The zero-order valence-electron chi connectivity index (χ0n) is 9.19. The molecule has 0 aromatic carbocycles. The normalized spacial score (nSPS) is 11.5. The first-order valence-corrected chi connectivity index (χ1v) is 4.99. The van der Waals surface area contributed by atoms with Gasteiger partial charge in [-0.25, -0.2) is 0 Å². The Hall–Kier alpha value is -0.820. The number of carbonyl (C=O) groups is 1. The predicted octanol–water partition coefficient (Wildman–Crippen LogP) is 0.681. The van der Waals surface area contributed by atoms with E-state index in [9.17, 15) is 18.0 Å². The van der Waals surface area contributed by atoms with E-state index in [1.807, 2.05) is 0 Å². The molecule has 0 saturated heterocycles. The number of hydrogen-bond donors (Lipinski definition) is 2. The highest BCUT2D eigenvalue weighted by atomic mass is 19.4. The van der Waals surface area contributed by atoms with Crippen molar-refractivity contribution in [3.8, 4) is 0 Å². The van der Waals surface area contributed by atoms with Crippen molar-refractivity contribution in [3.63, 3.8) is 0 Å². The van der Waals surface area contributed by atoms with E-state index < -0.39 is 12.6 Å². The third-order valence-corrected chi connectivity index (χ3v) is 1.73. The van der Waals surface area contributed by atoms with Crippen LogP contribution in [0.15, 0.2) is 0 Å². The second-order valence-corrected chi connectivity index (χ2v) is 3.24. The molecular formula is C9H17F3N2O2. The van der Waals surface area contributed by atoms with Crippen LogP contribution in [0.3, 0.4) is 0 Å². The second-order valence-electron chi connectivity index (χ2n) is 3.24. The van der Waals surface area contributed by atoms with Gasteiger partial charge in [0.15, 0.2) is 0 Å². The zero-order chi connectivity index (χ0) is 12.4. The van der Waals surface area contributed by atoms with Crippen molar-refractivity contribution in [2.45, 2.75) is 19.0 Å². The van der Waals surface area contributed by atoms with Crippen LogP contribution >= 0.6 is 0 Å². The molecule has 0 aliphatic carbocycles. The van der Waals surface area contributed by atoms with Crippen LogP contribution in [0.25, 0.3) is 0 Å². The number of hydrogen-bond acceptors (Lipinski definition) is 3. The summed E-state index contributed by atoms with van der Waals surface area (Å²) in [6.45, 7) is 1.03. The summed E-state index contributed by atoms with van der Waals surface area (Å²) in [6, 6.07) is 0. The molecule has 0 aliphatic rings. The fourth-order valence-electron chi connectivity index (χ4n) is 0.971. The van der Waals surface area contributed by atoms with E-state index >= 15 is 0 Å². The average Bonchev–Trinajstić information content (AvgIpc) is 2.16. The molecule has 0 radical (unpaired) electrons. The van der Waals surface area contributed by atoms with Gasteiger partial charge in [-0.3, -0.25) is 4.79 Å². The van der Waals surface area contributed by atoms with Crippen molar-refractivity contribution in [3.05, 3.63) is 0 Å². The van der Waals surface area contributed by atoms with E-state index in [2.05, 4.69) is 10.6 Å². The first-order chi connectivity index (χ1) is 7.45. The van der Waals surface area contributed by atoms with Gasteiger partial charge in [-0.1, -0.05) is 0 Å². The van der Waals surface area contributed by atoms with Crippen LogP contribution < -0.4 is 10.6 Å². The summed E-state index contributed by atoms with van der Waals surface area (Å²) >= 11 is 0. The van der Waals surface area contributed by atoms with Gasteiger partial charge in [0.05, 0.1) is 13.2 Å². The van der Waals surface area contributed by atoms with Crippen LogP contribution in [0.4, 0.5) is 13.2 Å². The van der Waals surface area contributed by atoms with E-state index in [4.69, 9.17) is 4.74 Å². The predicted molar refractivity (Wildman–Crippen MR) is 53.0 cm³/mol. The summed E-state index contributed by atoms with van der Waals surface area (Å²) in [5.41, 5.74) is 0. The SMILES string of the molecule is COCCNC(=O)CNCCCC(F)(F)F. The van der Waals surface area contributed by atoms with Crippen LogP contribution in [-0.4, -0.2) is 45.4 Å². The highest BCUT2D eigenvalue weighted by Gasteiger charge is 2.25. The van der Waals surface area contributed by atoms with Crippen LogP contribution in [0.5, 0.6) is 0 Å². The van der Waals surface area contributed by atoms with Crippen molar-refractivity contribution < 1.29 is 22.7 Å². The Morgan fingerprint density at radius 1 is 1.31 bits per heavy atom. The summed E-state index contributed by atoms with van der Waals surface area (Å²) in [5, 5.41) is 5.17. The smallest absolute Gasteiger partial charge is 0.383 e. The molecule has 0 saturated carbocycles. The lowest BCUT2D eigenvalue weighted by Crippen LogP contribution is -2.36. The summed E-state index contributed by atoms with van der Waals surface area (Å²) in [7, 11) is 1.52. The third-order valence-electron chi connectivity index (χ3n) is 1.73. The maximum absolute atomic E-state index is 11.7. The van der Waals surface area contributed by atoms with E-state index in [1.54, 1.807) is 0 Å². The van der Waals surface area contributed by atoms with E-state index in [0.717, 1.165) is 0 Å². The number of methoxy groups -OCH3 is 1. The molecule has 0 bridgehead atoms. The highest BCUT2D eigenvalue weighted by Crippen LogP contribution is 2.20. The van der Waals surface area contributed by atoms with E-state index in [-0.39, 0.29) is 25.4 Å². The quantitative estimate of drug-likeness (QED) is 0.615. The molecular weight excluding hydrogens is 225 g/mol. The van der Waals surface area contributed by atoms with Gasteiger partial charge in [0.25, 0.3) is 0 Å². The standard InChI is InChI=1S/C9H17F3N2O2/c1-16-6-5-14-8(15)7-13-4-2-3-9(10,11)12/h13H,2-7H2,1H3,(H,14,15). The van der Waals surface area contributed by atoms with Gasteiger partial charge in [-0.05, 0) is 13.0 Å². The molecule has 0 aromatic rings. The van der Waals surface area contributed by atoms with Gasteiger partial charge in [-0.2, -0.15) is 13.2 Å². The van der Waals surface area contributed by atoms with Crippen LogP contribution in [0.1, 0.15) is 12.8 Å². The Morgan fingerprint density at radius 2 is 2.00 bits per heavy atom. The maximum Gasteiger partial charge on any atom is 0.389 e. The molecule has 0 unspecified atom stereocenters. The fraction of sp³-hybridized carbons (Fsp3) is 0.889. The monoisotopic (exact) mass is 242 g/mol. The van der Waals surface area contributed by atoms with Crippen molar-refractivity contribution >= 4 is 5.91 Å². The number of rotatable bonds is 8. The van der Waals surface area contributed by atoms with Gasteiger partial charge in [-0.15, -0.1) is 0 Å². The summed E-state index contributed by atoms with van der Waals surface area (Å²) in [6.07, 6.45) is -4.97. The van der Waals surface area contributed by atoms with Crippen molar-refractivity contribution in [2.75, 3.05) is 33.4 Å². The highest BCUT2D eigenvalue weighted by molar-refractivity contribution is 5.77. The summed E-state index contributed by atoms with van der Waals surface area (Å²) < 4.78 is 39.9. The molecule has 0 atom stereocenters. The van der Waals surface area contributed by atoms with Gasteiger partial charge >= 0.3 is 6.18 Å². The lowest BCUT2D eigenvalue weighted by molar-refractivity contribution is -0.135. The Bertz CT molecular complexity index is 198. The first kappa shape index (κ1) is 15.2. The number of alkyl halides is 3. The summed E-state index contributed by atoms with van der Waals surface area (Å²) in [4.78, 5) is 11.0.